The normalized spacial score (nSPS) is 18.7. The van der Waals surface area contributed by atoms with E-state index in [2.05, 4.69) is 17.4 Å². The van der Waals surface area contributed by atoms with E-state index in [4.69, 9.17) is 0 Å². The van der Waals surface area contributed by atoms with Gasteiger partial charge in [-0.25, -0.2) is 0 Å². The van der Waals surface area contributed by atoms with Crippen molar-refractivity contribution in [2.75, 3.05) is 6.54 Å². The summed E-state index contributed by atoms with van der Waals surface area (Å²) in [5.74, 6) is 0.0545. The zero-order valence-corrected chi connectivity index (χ0v) is 16.5. The maximum atomic E-state index is 13.1. The number of thiophene rings is 2. The molecule has 3 aromatic rings. The maximum absolute atomic E-state index is 13.1. The number of amides is 1. The third kappa shape index (κ3) is 3.08. The first-order valence-corrected chi connectivity index (χ1v) is 10.7. The van der Waals surface area contributed by atoms with Crippen LogP contribution in [0.2, 0.25) is 0 Å². The molecule has 0 unspecified atom stereocenters. The van der Waals surface area contributed by atoms with Crippen molar-refractivity contribution in [2.24, 2.45) is 0 Å². The van der Waals surface area contributed by atoms with Crippen LogP contribution in [0.4, 0.5) is 0 Å². The predicted octanol–water partition coefficient (Wildman–Crippen LogP) is 4.80. The minimum Gasteiger partial charge on any atom is -0.383 e. The summed E-state index contributed by atoms with van der Waals surface area (Å²) in [6.07, 6.45) is 3.95. The number of aliphatic hydroxyl groups is 1. The van der Waals surface area contributed by atoms with Gasteiger partial charge in [0, 0.05) is 14.5 Å². The second kappa shape index (κ2) is 6.80. The fraction of sp³-hybridized carbons (Fsp3) is 0.381. The van der Waals surface area contributed by atoms with Gasteiger partial charge in [-0.05, 0) is 48.7 Å². The number of rotatable bonds is 5. The minimum absolute atomic E-state index is 0.0545. The maximum Gasteiger partial charge on any atom is 0.231 e. The Morgan fingerprint density at radius 3 is 2.69 bits per heavy atom. The lowest BCUT2D eigenvalue weighted by Gasteiger charge is -2.29. The molecule has 26 heavy (non-hydrogen) atoms. The van der Waals surface area contributed by atoms with Crippen LogP contribution >= 0.6 is 22.7 Å². The molecule has 1 amide bonds. The summed E-state index contributed by atoms with van der Waals surface area (Å²) < 4.78 is 1.15. The molecule has 5 heteroatoms. The smallest absolute Gasteiger partial charge is 0.231 e. The van der Waals surface area contributed by atoms with E-state index in [0.29, 0.717) is 0 Å². The van der Waals surface area contributed by atoms with Gasteiger partial charge in [-0.15, -0.1) is 22.7 Å². The van der Waals surface area contributed by atoms with Crippen molar-refractivity contribution in [3.8, 4) is 0 Å². The molecule has 1 aliphatic rings. The van der Waals surface area contributed by atoms with Crippen LogP contribution in [0.1, 0.15) is 42.4 Å². The second-order valence-electron chi connectivity index (χ2n) is 7.37. The largest absolute Gasteiger partial charge is 0.383 e. The van der Waals surface area contributed by atoms with Crippen molar-refractivity contribution in [1.29, 1.82) is 0 Å². The molecule has 2 N–H and O–H groups in total. The molecule has 3 nitrogen and oxygen atoms in total. The lowest BCUT2D eigenvalue weighted by Crippen LogP contribution is -2.46. The molecule has 0 aliphatic heterocycles. The van der Waals surface area contributed by atoms with Crippen LogP contribution in [0.5, 0.6) is 0 Å². The SMILES string of the molecule is C[C@@](O)(CNC(=O)C1(c2cccs2)CCCC1)c1cc2ccccc2s1. The summed E-state index contributed by atoms with van der Waals surface area (Å²) in [5.41, 5.74) is -1.49. The Bertz CT molecular complexity index is 872. The topological polar surface area (TPSA) is 49.3 Å². The van der Waals surface area contributed by atoms with E-state index in [-0.39, 0.29) is 12.5 Å². The Morgan fingerprint density at radius 1 is 1.23 bits per heavy atom. The lowest BCUT2D eigenvalue weighted by molar-refractivity contribution is -0.127. The van der Waals surface area contributed by atoms with Gasteiger partial charge in [-0.1, -0.05) is 37.1 Å². The van der Waals surface area contributed by atoms with Crippen molar-refractivity contribution in [3.63, 3.8) is 0 Å². The molecule has 1 atom stereocenters. The summed E-state index contributed by atoms with van der Waals surface area (Å²) >= 11 is 3.24. The third-order valence-electron chi connectivity index (χ3n) is 5.43. The molecule has 0 spiro atoms. The number of benzene rings is 1. The molecule has 1 saturated carbocycles. The molecule has 0 saturated heterocycles. The standard InChI is InChI=1S/C21H23NO2S2/c1-20(24,18-13-15-7-2-3-8-16(15)26-18)14-22-19(23)21(10-4-5-11-21)17-9-6-12-25-17/h2-3,6-9,12-13,24H,4-5,10-11,14H2,1H3,(H,22,23)/t20-/m1/s1. The van der Waals surface area contributed by atoms with E-state index >= 15 is 0 Å². The van der Waals surface area contributed by atoms with Gasteiger partial charge in [-0.2, -0.15) is 0 Å². The van der Waals surface area contributed by atoms with E-state index in [1.165, 1.54) is 0 Å². The summed E-state index contributed by atoms with van der Waals surface area (Å²) in [4.78, 5) is 15.1. The molecule has 1 aliphatic carbocycles. The first kappa shape index (κ1) is 17.7. The van der Waals surface area contributed by atoms with Crippen LogP contribution in [0.25, 0.3) is 10.1 Å². The fourth-order valence-electron chi connectivity index (χ4n) is 3.87. The Kier molecular flexibility index (Phi) is 4.63. The first-order chi connectivity index (χ1) is 12.5. The number of carbonyl (C=O) groups excluding carboxylic acids is 1. The van der Waals surface area contributed by atoms with Crippen molar-refractivity contribution in [1.82, 2.24) is 5.32 Å². The molecule has 0 radical (unpaired) electrons. The van der Waals surface area contributed by atoms with Gasteiger partial charge in [0.25, 0.3) is 0 Å². The van der Waals surface area contributed by atoms with Gasteiger partial charge in [-0.3, -0.25) is 4.79 Å². The molecule has 0 bridgehead atoms. The fourth-order valence-corrected chi connectivity index (χ4v) is 5.96. The molecular formula is C21H23NO2S2. The van der Waals surface area contributed by atoms with Crippen LogP contribution in [-0.2, 0) is 15.8 Å². The van der Waals surface area contributed by atoms with E-state index in [9.17, 15) is 9.90 Å². The van der Waals surface area contributed by atoms with Gasteiger partial charge >= 0.3 is 0 Å². The summed E-state index contributed by atoms with van der Waals surface area (Å²) in [5, 5.41) is 17.2. The quantitative estimate of drug-likeness (QED) is 0.663. The van der Waals surface area contributed by atoms with E-state index in [0.717, 1.165) is 45.5 Å². The Hall–Kier alpha value is -1.69. The highest BCUT2D eigenvalue weighted by Gasteiger charge is 2.44. The number of nitrogens with one attached hydrogen (secondary N) is 1. The van der Waals surface area contributed by atoms with Crippen LogP contribution in [0.15, 0.2) is 47.8 Å². The van der Waals surface area contributed by atoms with Gasteiger partial charge in [0.2, 0.25) is 5.91 Å². The zero-order valence-electron chi connectivity index (χ0n) is 14.8. The van der Waals surface area contributed by atoms with Crippen LogP contribution in [0, 0.1) is 0 Å². The van der Waals surface area contributed by atoms with Gasteiger partial charge in [0.05, 0.1) is 12.0 Å². The highest BCUT2D eigenvalue weighted by molar-refractivity contribution is 7.19. The van der Waals surface area contributed by atoms with Crippen molar-refractivity contribution < 1.29 is 9.90 Å². The highest BCUT2D eigenvalue weighted by Crippen LogP contribution is 2.43. The molecule has 4 rings (SSSR count). The predicted molar refractivity (Wildman–Crippen MR) is 109 cm³/mol. The van der Waals surface area contributed by atoms with E-state index < -0.39 is 11.0 Å². The summed E-state index contributed by atoms with van der Waals surface area (Å²) in [6.45, 7) is 2.01. The number of hydrogen-bond donors (Lipinski definition) is 2. The average Bonchev–Trinajstić information content (AvgIpc) is 3.39. The molecular weight excluding hydrogens is 362 g/mol. The van der Waals surface area contributed by atoms with E-state index in [1.807, 2.05) is 35.7 Å². The molecule has 136 valence electrons. The number of carbonyl (C=O) groups is 1. The Balaban J connectivity index is 1.52. The van der Waals surface area contributed by atoms with E-state index in [1.54, 1.807) is 29.6 Å². The van der Waals surface area contributed by atoms with Crippen LogP contribution < -0.4 is 5.32 Å². The Morgan fingerprint density at radius 2 is 2.00 bits per heavy atom. The monoisotopic (exact) mass is 385 g/mol. The summed E-state index contributed by atoms with van der Waals surface area (Å²) in [7, 11) is 0. The lowest BCUT2D eigenvalue weighted by atomic mass is 9.83. The van der Waals surface area contributed by atoms with Gasteiger partial charge < -0.3 is 10.4 Å². The number of fused-ring (bicyclic) bond motifs is 1. The Labute approximate surface area is 161 Å². The highest BCUT2D eigenvalue weighted by atomic mass is 32.1. The molecule has 2 heterocycles. The second-order valence-corrected chi connectivity index (χ2v) is 9.40. The van der Waals surface area contributed by atoms with Gasteiger partial charge in [0.15, 0.2) is 0 Å². The van der Waals surface area contributed by atoms with Gasteiger partial charge in [0.1, 0.15) is 5.60 Å². The van der Waals surface area contributed by atoms with Crippen LogP contribution in [-0.4, -0.2) is 17.6 Å². The third-order valence-corrected chi connectivity index (χ3v) is 7.88. The molecule has 1 aromatic carbocycles. The van der Waals surface area contributed by atoms with Crippen molar-refractivity contribution >= 4 is 38.7 Å². The summed E-state index contributed by atoms with van der Waals surface area (Å²) in [6, 6.07) is 14.2. The first-order valence-electron chi connectivity index (χ1n) is 9.05. The molecule has 2 aromatic heterocycles. The average molecular weight is 386 g/mol. The van der Waals surface area contributed by atoms with Crippen LogP contribution in [0.3, 0.4) is 0 Å². The zero-order chi connectivity index (χ0) is 18.2. The minimum atomic E-state index is -1.07. The number of hydrogen-bond acceptors (Lipinski definition) is 4. The van der Waals surface area contributed by atoms with Crippen molar-refractivity contribution in [2.45, 2.75) is 43.6 Å². The van der Waals surface area contributed by atoms with Crippen molar-refractivity contribution in [3.05, 3.63) is 57.6 Å². The molecule has 1 fully saturated rings.